The van der Waals surface area contributed by atoms with Gasteiger partial charge in [-0.3, -0.25) is 9.59 Å². The van der Waals surface area contributed by atoms with Gasteiger partial charge in [-0.1, -0.05) is 0 Å². The van der Waals surface area contributed by atoms with Gasteiger partial charge in [-0.15, -0.1) is 0 Å². The highest BCUT2D eigenvalue weighted by molar-refractivity contribution is 6.06. The van der Waals surface area contributed by atoms with Crippen LogP contribution in [-0.4, -0.2) is 23.0 Å². The zero-order valence-electron chi connectivity index (χ0n) is 19.5. The molecule has 200 valence electrons. The lowest BCUT2D eigenvalue weighted by atomic mass is 10.0. The summed E-state index contributed by atoms with van der Waals surface area (Å²) in [6, 6.07) is 7.17. The van der Waals surface area contributed by atoms with Crippen molar-refractivity contribution in [2.45, 2.75) is 25.6 Å². The van der Waals surface area contributed by atoms with Crippen molar-refractivity contribution in [3.8, 4) is 11.5 Å². The zero-order chi connectivity index (χ0) is 28.2. The molecule has 0 aliphatic rings. The fourth-order valence-corrected chi connectivity index (χ4v) is 3.49. The minimum absolute atomic E-state index is 0.0818. The number of primary amides is 1. The topological polar surface area (TPSA) is 131 Å². The zero-order valence-corrected chi connectivity index (χ0v) is 19.5. The van der Waals surface area contributed by atoms with Gasteiger partial charge in [0.25, 0.3) is 5.91 Å². The number of anilines is 1. The molecule has 3 aromatic rings. The maximum Gasteiger partial charge on any atom is 0.416 e. The van der Waals surface area contributed by atoms with Crippen LogP contribution in [0.1, 0.15) is 39.5 Å². The van der Waals surface area contributed by atoms with Crippen LogP contribution in [0.2, 0.25) is 0 Å². The average molecular weight is 537 g/mol. The van der Waals surface area contributed by atoms with Crippen molar-refractivity contribution in [3.63, 3.8) is 0 Å². The summed E-state index contributed by atoms with van der Waals surface area (Å²) < 4.78 is 73.6. The van der Waals surface area contributed by atoms with Crippen LogP contribution in [0.4, 0.5) is 32.4 Å². The van der Waals surface area contributed by atoms with Gasteiger partial charge in [0.1, 0.15) is 23.1 Å². The van der Waals surface area contributed by atoms with Crippen molar-refractivity contribution in [2.75, 3.05) is 5.32 Å². The number of nitrogens with one attached hydrogen (secondary N) is 2. The van der Waals surface area contributed by atoms with Crippen LogP contribution < -0.4 is 21.1 Å². The number of carboxylic acid groups (broad SMARTS) is 1. The van der Waals surface area contributed by atoms with Crippen molar-refractivity contribution < 1.29 is 46.2 Å². The van der Waals surface area contributed by atoms with Gasteiger partial charge in [-0.2, -0.15) is 13.2 Å². The number of ether oxygens (including phenoxy) is 1. The van der Waals surface area contributed by atoms with Crippen molar-refractivity contribution in [3.05, 3.63) is 88.5 Å². The Hall–Kier alpha value is -4.68. The summed E-state index contributed by atoms with van der Waals surface area (Å²) in [5, 5.41) is 13.3. The fourth-order valence-electron chi connectivity index (χ4n) is 3.49. The maximum absolute atomic E-state index is 14.5. The molecule has 0 heterocycles. The number of carbonyl (C=O) groups is 3. The van der Waals surface area contributed by atoms with E-state index in [-0.39, 0.29) is 22.7 Å². The Morgan fingerprint density at radius 1 is 1.00 bits per heavy atom. The molecule has 0 fully saturated rings. The second kappa shape index (κ2) is 11.2. The van der Waals surface area contributed by atoms with Crippen LogP contribution in [-0.2, 0) is 11.0 Å². The number of alkyl halides is 3. The summed E-state index contributed by atoms with van der Waals surface area (Å²) in [4.78, 5) is 35.5. The van der Waals surface area contributed by atoms with Gasteiger partial charge in [-0.25, -0.2) is 13.6 Å². The third-order valence-electron chi connectivity index (χ3n) is 5.24. The van der Waals surface area contributed by atoms with Gasteiger partial charge in [0.05, 0.1) is 23.6 Å². The summed E-state index contributed by atoms with van der Waals surface area (Å²) in [5.74, 6) is -3.73. The van der Waals surface area contributed by atoms with E-state index < -0.39 is 59.3 Å². The highest BCUT2D eigenvalue weighted by Crippen LogP contribution is 2.35. The van der Waals surface area contributed by atoms with Crippen LogP contribution >= 0.6 is 0 Å². The molecule has 0 aromatic heterocycles. The minimum Gasteiger partial charge on any atom is -0.465 e. The van der Waals surface area contributed by atoms with Crippen LogP contribution in [0.3, 0.4) is 0 Å². The van der Waals surface area contributed by atoms with Gasteiger partial charge >= 0.3 is 12.3 Å². The quantitative estimate of drug-likeness (QED) is 0.281. The first kappa shape index (κ1) is 27.9. The summed E-state index contributed by atoms with van der Waals surface area (Å²) in [7, 11) is 0. The fraction of sp³-hybridized carbons (Fsp3) is 0.160. The predicted molar refractivity (Wildman–Crippen MR) is 125 cm³/mol. The molecule has 0 saturated heterocycles. The van der Waals surface area contributed by atoms with Crippen molar-refractivity contribution in [1.29, 1.82) is 0 Å². The van der Waals surface area contributed by atoms with Crippen molar-refractivity contribution >= 4 is 23.6 Å². The molecule has 0 saturated carbocycles. The van der Waals surface area contributed by atoms with Crippen molar-refractivity contribution in [2.24, 2.45) is 5.73 Å². The molecule has 8 nitrogen and oxygen atoms in total. The first-order valence-corrected chi connectivity index (χ1v) is 10.8. The Labute approximate surface area is 212 Å². The molecule has 3 amide bonds. The molecule has 0 bridgehead atoms. The van der Waals surface area contributed by atoms with Crippen LogP contribution in [0.5, 0.6) is 11.5 Å². The highest BCUT2D eigenvalue weighted by atomic mass is 19.4. The molecular weight excluding hydrogens is 517 g/mol. The molecule has 0 aliphatic heterocycles. The van der Waals surface area contributed by atoms with E-state index in [1.807, 2.05) is 5.32 Å². The van der Waals surface area contributed by atoms with Gasteiger partial charge < -0.3 is 26.2 Å². The minimum atomic E-state index is -4.80. The molecule has 13 heteroatoms. The lowest BCUT2D eigenvalue weighted by Gasteiger charge is -2.18. The molecule has 1 unspecified atom stereocenters. The van der Waals surface area contributed by atoms with E-state index in [1.54, 1.807) is 0 Å². The Morgan fingerprint density at radius 2 is 1.68 bits per heavy atom. The van der Waals surface area contributed by atoms with E-state index in [1.165, 1.54) is 13.0 Å². The van der Waals surface area contributed by atoms with E-state index >= 15 is 0 Å². The molecular formula is C25H20F5N3O5. The van der Waals surface area contributed by atoms with Gasteiger partial charge in [0.15, 0.2) is 0 Å². The number of hydrogen-bond acceptors (Lipinski definition) is 4. The van der Waals surface area contributed by atoms with Gasteiger partial charge in [-0.05, 0) is 67.1 Å². The standard InChI is InChI=1S/C25H20F5N3O5/c1-12-8-14(26)3-7-20(12)38-21-6-2-13(25(28,29)30)9-17(21)23(35)32-15-4-5-18(27)16(10-15)19(11-22(31)34)33-24(36)37/h2-10,19,33H,11H2,1H3,(H2,31,34)(H,32,35)(H,36,37). The molecule has 0 spiro atoms. The summed E-state index contributed by atoms with van der Waals surface area (Å²) in [6.07, 6.45) is -6.98. The summed E-state index contributed by atoms with van der Waals surface area (Å²) >= 11 is 0. The third kappa shape index (κ3) is 6.96. The number of aryl methyl sites for hydroxylation is 1. The Bertz CT molecular complexity index is 1380. The molecule has 5 N–H and O–H groups in total. The van der Waals surface area contributed by atoms with E-state index in [4.69, 9.17) is 15.6 Å². The smallest absolute Gasteiger partial charge is 0.416 e. The molecule has 38 heavy (non-hydrogen) atoms. The average Bonchev–Trinajstić information content (AvgIpc) is 2.80. The maximum atomic E-state index is 14.5. The molecule has 0 aliphatic carbocycles. The normalized spacial score (nSPS) is 11.9. The lowest BCUT2D eigenvalue weighted by Crippen LogP contribution is -2.31. The number of amides is 3. The van der Waals surface area contributed by atoms with Crippen molar-refractivity contribution in [1.82, 2.24) is 5.32 Å². The largest absolute Gasteiger partial charge is 0.465 e. The SMILES string of the molecule is Cc1cc(F)ccc1Oc1ccc(C(F)(F)F)cc1C(=O)Nc1ccc(F)c(C(CC(N)=O)NC(=O)O)c1. The number of hydrogen-bond donors (Lipinski definition) is 4. The first-order chi connectivity index (χ1) is 17.7. The van der Waals surface area contributed by atoms with Crippen LogP contribution in [0, 0.1) is 18.6 Å². The molecule has 0 radical (unpaired) electrons. The van der Waals surface area contributed by atoms with E-state index in [0.29, 0.717) is 17.7 Å². The number of nitrogens with two attached hydrogens (primary N) is 1. The predicted octanol–water partition coefficient (Wildman–Crippen LogP) is 5.52. The number of carbonyl (C=O) groups excluding carboxylic acids is 2. The number of rotatable bonds is 8. The van der Waals surface area contributed by atoms with E-state index in [0.717, 1.165) is 36.4 Å². The first-order valence-electron chi connectivity index (χ1n) is 10.8. The second-order valence-corrected chi connectivity index (χ2v) is 8.08. The van der Waals surface area contributed by atoms with Gasteiger partial charge in [0.2, 0.25) is 5.91 Å². The highest BCUT2D eigenvalue weighted by Gasteiger charge is 2.32. The van der Waals surface area contributed by atoms with E-state index in [2.05, 4.69) is 5.32 Å². The number of benzene rings is 3. The Morgan fingerprint density at radius 3 is 2.29 bits per heavy atom. The Balaban J connectivity index is 2.00. The monoisotopic (exact) mass is 537 g/mol. The lowest BCUT2D eigenvalue weighted by molar-refractivity contribution is -0.137. The molecule has 3 aromatic carbocycles. The summed E-state index contributed by atoms with van der Waals surface area (Å²) in [6.45, 7) is 1.50. The van der Waals surface area contributed by atoms with Gasteiger partial charge in [0, 0.05) is 11.3 Å². The van der Waals surface area contributed by atoms with Crippen LogP contribution in [0.25, 0.3) is 0 Å². The molecule has 3 rings (SSSR count). The Kier molecular flexibility index (Phi) is 8.19. The number of halogens is 5. The van der Waals surface area contributed by atoms with Crippen LogP contribution in [0.15, 0.2) is 54.6 Å². The summed E-state index contributed by atoms with van der Waals surface area (Å²) in [5.41, 5.74) is 3.24. The van der Waals surface area contributed by atoms with E-state index in [9.17, 15) is 36.3 Å². The second-order valence-electron chi connectivity index (χ2n) is 8.08. The molecule has 1 atom stereocenters. The third-order valence-corrected chi connectivity index (χ3v) is 5.24.